The van der Waals surface area contributed by atoms with E-state index < -0.39 is 0 Å². The summed E-state index contributed by atoms with van der Waals surface area (Å²) in [4.78, 5) is 22.2. The second-order valence-electron chi connectivity index (χ2n) is 7.77. The van der Waals surface area contributed by atoms with Gasteiger partial charge >= 0.3 is 0 Å². The third-order valence-electron chi connectivity index (χ3n) is 5.50. The first-order valence-electron chi connectivity index (χ1n) is 10.8. The summed E-state index contributed by atoms with van der Waals surface area (Å²) in [7, 11) is 0. The zero-order valence-electron chi connectivity index (χ0n) is 18.2. The van der Waals surface area contributed by atoms with E-state index in [4.69, 9.17) is 15.9 Å². The smallest absolute Gasteiger partial charge is 0.246 e. The van der Waals surface area contributed by atoms with Crippen LogP contribution in [0.3, 0.4) is 0 Å². The highest BCUT2D eigenvalue weighted by molar-refractivity contribution is 6.16. The van der Waals surface area contributed by atoms with E-state index in [1.807, 2.05) is 54.6 Å². The van der Waals surface area contributed by atoms with Gasteiger partial charge in [0.2, 0.25) is 5.91 Å². The number of rotatable bonds is 7. The second kappa shape index (κ2) is 9.95. The third kappa shape index (κ3) is 5.17. The van der Waals surface area contributed by atoms with Crippen LogP contribution in [-0.2, 0) is 4.79 Å². The zero-order chi connectivity index (χ0) is 23.2. The highest BCUT2D eigenvalue weighted by Crippen LogP contribution is 2.26. The number of amides is 1. The van der Waals surface area contributed by atoms with Crippen LogP contribution in [-0.4, -0.2) is 45.6 Å². The second-order valence-corrected chi connectivity index (χ2v) is 7.77. The Labute approximate surface area is 192 Å². The monoisotopic (exact) mass is 442 g/mol. The van der Waals surface area contributed by atoms with Crippen LogP contribution in [0.4, 0.5) is 11.6 Å². The van der Waals surface area contributed by atoms with E-state index in [-0.39, 0.29) is 23.5 Å². The maximum Gasteiger partial charge on any atom is 0.246 e. The van der Waals surface area contributed by atoms with E-state index in [1.165, 1.54) is 12.4 Å². The van der Waals surface area contributed by atoms with Crippen molar-refractivity contribution < 1.29 is 9.53 Å². The maximum absolute atomic E-state index is 12.0. The molecule has 1 saturated heterocycles. The summed E-state index contributed by atoms with van der Waals surface area (Å²) in [6, 6.07) is 16.7. The van der Waals surface area contributed by atoms with Crippen LogP contribution >= 0.6 is 0 Å². The molecule has 0 spiro atoms. The molecule has 1 atom stereocenters. The van der Waals surface area contributed by atoms with Crippen molar-refractivity contribution in [1.29, 1.82) is 5.41 Å². The number of para-hydroxylation sites is 1. The Balaban J connectivity index is 1.52. The fraction of sp³-hybridized carbons (Fsp3) is 0.200. The summed E-state index contributed by atoms with van der Waals surface area (Å²) in [5.74, 6) is 2.02. The van der Waals surface area contributed by atoms with Crippen LogP contribution in [0.25, 0.3) is 0 Å². The minimum atomic E-state index is -0.0884. The van der Waals surface area contributed by atoms with Gasteiger partial charge in [0.1, 0.15) is 29.5 Å². The molecular weight excluding hydrogens is 416 g/mol. The number of benzene rings is 2. The predicted octanol–water partition coefficient (Wildman–Crippen LogP) is 3.86. The number of nitrogens with two attached hydrogens (primary N) is 1. The van der Waals surface area contributed by atoms with Crippen LogP contribution in [0.2, 0.25) is 0 Å². The molecule has 1 aliphatic rings. The van der Waals surface area contributed by atoms with Gasteiger partial charge in [0, 0.05) is 24.7 Å². The first kappa shape index (κ1) is 22.0. The molecule has 1 aromatic heterocycles. The van der Waals surface area contributed by atoms with Crippen molar-refractivity contribution in [1.82, 2.24) is 14.9 Å². The van der Waals surface area contributed by atoms with Gasteiger partial charge in [-0.2, -0.15) is 0 Å². The summed E-state index contributed by atoms with van der Waals surface area (Å²) in [5.41, 5.74) is 7.46. The molecule has 8 nitrogen and oxygen atoms in total. The third-order valence-corrected chi connectivity index (χ3v) is 5.50. The number of aromatic nitrogens is 2. The SMILES string of the molecule is C=CC(=O)N1CCCC(Nc2ncnc(N)c2C(=N)c2ccc(Oc3ccccc3)cc2)C1. The lowest BCUT2D eigenvalue weighted by Gasteiger charge is -2.33. The number of hydrogen-bond donors (Lipinski definition) is 3. The first-order chi connectivity index (χ1) is 16.0. The Kier molecular flexibility index (Phi) is 6.64. The van der Waals surface area contributed by atoms with Crippen molar-refractivity contribution >= 4 is 23.3 Å². The van der Waals surface area contributed by atoms with Gasteiger partial charge in [0.05, 0.1) is 11.3 Å². The summed E-state index contributed by atoms with van der Waals surface area (Å²) < 4.78 is 5.83. The average molecular weight is 443 g/mol. The van der Waals surface area contributed by atoms with Crippen molar-refractivity contribution in [2.45, 2.75) is 18.9 Å². The van der Waals surface area contributed by atoms with Gasteiger partial charge in [-0.05, 0) is 55.3 Å². The van der Waals surface area contributed by atoms with Gasteiger partial charge in [-0.25, -0.2) is 9.97 Å². The minimum absolute atomic E-state index is 0.00912. The number of likely N-dealkylation sites (tertiary alicyclic amines) is 1. The topological polar surface area (TPSA) is 117 Å². The molecule has 3 aromatic rings. The maximum atomic E-state index is 12.0. The van der Waals surface area contributed by atoms with Gasteiger partial charge in [0.25, 0.3) is 0 Å². The molecule has 1 amide bonds. The van der Waals surface area contributed by atoms with Crippen LogP contribution in [0.5, 0.6) is 11.5 Å². The van der Waals surface area contributed by atoms with Crippen LogP contribution in [0.1, 0.15) is 24.0 Å². The van der Waals surface area contributed by atoms with E-state index in [9.17, 15) is 4.79 Å². The van der Waals surface area contributed by atoms with Crippen molar-refractivity contribution in [2.75, 3.05) is 24.1 Å². The van der Waals surface area contributed by atoms with E-state index >= 15 is 0 Å². The van der Waals surface area contributed by atoms with Crippen LogP contribution < -0.4 is 15.8 Å². The number of anilines is 2. The Morgan fingerprint density at radius 1 is 1.15 bits per heavy atom. The van der Waals surface area contributed by atoms with Crippen molar-refractivity contribution in [3.63, 3.8) is 0 Å². The van der Waals surface area contributed by atoms with E-state index in [0.717, 1.165) is 18.6 Å². The number of nitrogen functional groups attached to an aromatic ring is 1. The van der Waals surface area contributed by atoms with Gasteiger partial charge in [0.15, 0.2) is 0 Å². The highest BCUT2D eigenvalue weighted by atomic mass is 16.5. The number of hydrogen-bond acceptors (Lipinski definition) is 7. The Morgan fingerprint density at radius 2 is 1.88 bits per heavy atom. The van der Waals surface area contributed by atoms with Gasteiger partial charge in [-0.15, -0.1) is 0 Å². The van der Waals surface area contributed by atoms with Crippen LogP contribution in [0, 0.1) is 5.41 Å². The highest BCUT2D eigenvalue weighted by Gasteiger charge is 2.25. The molecule has 0 radical (unpaired) electrons. The number of carbonyl (C=O) groups excluding carboxylic acids is 1. The molecule has 4 rings (SSSR count). The Morgan fingerprint density at radius 3 is 2.61 bits per heavy atom. The number of carbonyl (C=O) groups is 1. The molecular formula is C25H26N6O2. The van der Waals surface area contributed by atoms with Gasteiger partial charge in [-0.3, -0.25) is 10.2 Å². The quantitative estimate of drug-likeness (QED) is 0.378. The molecule has 4 N–H and O–H groups in total. The van der Waals surface area contributed by atoms with Gasteiger partial charge < -0.3 is 20.7 Å². The Hall–Kier alpha value is -4.20. The first-order valence-corrected chi connectivity index (χ1v) is 10.8. The summed E-state index contributed by atoms with van der Waals surface area (Å²) in [6.45, 7) is 4.81. The molecule has 8 heteroatoms. The minimum Gasteiger partial charge on any atom is -0.457 e. The molecule has 2 heterocycles. The van der Waals surface area contributed by atoms with E-state index in [2.05, 4.69) is 21.9 Å². The molecule has 1 unspecified atom stereocenters. The summed E-state index contributed by atoms with van der Waals surface area (Å²) in [6.07, 6.45) is 4.45. The fourth-order valence-corrected chi connectivity index (χ4v) is 3.83. The van der Waals surface area contributed by atoms with E-state index in [0.29, 0.717) is 35.8 Å². The number of piperidine rings is 1. The van der Waals surface area contributed by atoms with Crippen molar-refractivity contribution in [2.24, 2.45) is 0 Å². The fourth-order valence-electron chi connectivity index (χ4n) is 3.83. The normalized spacial score (nSPS) is 15.5. The molecule has 33 heavy (non-hydrogen) atoms. The average Bonchev–Trinajstić information content (AvgIpc) is 2.84. The molecule has 0 bridgehead atoms. The molecule has 1 fully saturated rings. The van der Waals surface area contributed by atoms with Gasteiger partial charge in [-0.1, -0.05) is 24.8 Å². The number of nitrogens with one attached hydrogen (secondary N) is 2. The number of ether oxygens (including phenoxy) is 1. The standard InChI is InChI=1S/C25H26N6O2/c1-2-21(32)31-14-6-7-18(15-31)30-25-22(24(27)28-16-29-25)23(26)17-10-12-20(13-11-17)33-19-8-4-3-5-9-19/h2-5,8-13,16,18,26H,1,6-7,14-15H2,(H3,27,28,29,30). The Bertz CT molecular complexity index is 1150. The molecule has 0 aliphatic carbocycles. The number of nitrogens with zero attached hydrogens (tertiary/aromatic N) is 3. The lowest BCUT2D eigenvalue weighted by Crippen LogP contribution is -2.44. The molecule has 168 valence electrons. The van der Waals surface area contributed by atoms with Crippen molar-refractivity contribution in [3.05, 3.63) is 84.7 Å². The molecule has 1 aliphatic heterocycles. The summed E-state index contributed by atoms with van der Waals surface area (Å²) >= 11 is 0. The molecule has 2 aromatic carbocycles. The van der Waals surface area contributed by atoms with E-state index in [1.54, 1.807) is 4.90 Å². The molecule has 0 saturated carbocycles. The largest absolute Gasteiger partial charge is 0.457 e. The predicted molar refractivity (Wildman–Crippen MR) is 129 cm³/mol. The lowest BCUT2D eigenvalue weighted by atomic mass is 10.0. The van der Waals surface area contributed by atoms with Crippen molar-refractivity contribution in [3.8, 4) is 11.5 Å². The lowest BCUT2D eigenvalue weighted by molar-refractivity contribution is -0.127. The van der Waals surface area contributed by atoms with Crippen LogP contribution in [0.15, 0.2) is 73.6 Å². The summed E-state index contributed by atoms with van der Waals surface area (Å²) in [5, 5.41) is 12.1. The zero-order valence-corrected chi connectivity index (χ0v) is 18.2.